The molecule has 1 unspecified atom stereocenters. The fourth-order valence-corrected chi connectivity index (χ4v) is 2.48. The molecule has 3 rings (SSSR count). The maximum atomic E-state index is 12.3. The largest absolute Gasteiger partial charge is 0.354 e. The summed E-state index contributed by atoms with van der Waals surface area (Å²) >= 11 is 0. The van der Waals surface area contributed by atoms with Crippen LogP contribution in [-0.4, -0.2) is 39.6 Å². The van der Waals surface area contributed by atoms with Gasteiger partial charge in [-0.2, -0.15) is 5.10 Å². The van der Waals surface area contributed by atoms with Gasteiger partial charge in [-0.05, 0) is 25.1 Å². The van der Waals surface area contributed by atoms with Crippen LogP contribution < -0.4 is 10.6 Å². The molecule has 0 saturated carbocycles. The molecule has 3 aromatic rings. The van der Waals surface area contributed by atoms with E-state index in [4.69, 9.17) is 0 Å². The minimum Gasteiger partial charge on any atom is -0.354 e. The zero-order valence-electron chi connectivity index (χ0n) is 13.8. The Kier molecular flexibility index (Phi) is 5.03. The summed E-state index contributed by atoms with van der Waals surface area (Å²) in [5.74, 6) is -0.631. The van der Waals surface area contributed by atoms with Crippen LogP contribution in [0, 0.1) is 0 Å². The first-order valence-corrected chi connectivity index (χ1v) is 8.07. The van der Waals surface area contributed by atoms with E-state index in [1.165, 1.54) is 0 Å². The van der Waals surface area contributed by atoms with Crippen LogP contribution in [0.4, 0.5) is 0 Å². The predicted octanol–water partition coefficient (Wildman–Crippen LogP) is 1.44. The van der Waals surface area contributed by atoms with Gasteiger partial charge in [-0.3, -0.25) is 19.7 Å². The van der Waals surface area contributed by atoms with E-state index in [0.29, 0.717) is 13.0 Å². The Balaban J connectivity index is 1.53. The van der Waals surface area contributed by atoms with Crippen LogP contribution >= 0.6 is 0 Å². The Morgan fingerprint density at radius 1 is 1.16 bits per heavy atom. The molecule has 7 heteroatoms. The fraction of sp³-hybridized carbons (Fsp3) is 0.222. The Morgan fingerprint density at radius 2 is 1.96 bits per heavy atom. The average Bonchev–Trinajstić information content (AvgIpc) is 3.06. The van der Waals surface area contributed by atoms with Crippen molar-refractivity contribution in [3.05, 3.63) is 60.0 Å². The molecule has 2 aromatic heterocycles. The third-order valence-electron chi connectivity index (χ3n) is 3.83. The second-order valence-corrected chi connectivity index (χ2v) is 5.68. The number of amides is 2. The van der Waals surface area contributed by atoms with Gasteiger partial charge in [-0.25, -0.2) is 0 Å². The summed E-state index contributed by atoms with van der Waals surface area (Å²) in [6.07, 6.45) is 2.35. The Hall–Kier alpha value is -3.22. The summed E-state index contributed by atoms with van der Waals surface area (Å²) in [7, 11) is 0. The first-order valence-electron chi connectivity index (χ1n) is 8.07. The van der Waals surface area contributed by atoms with Gasteiger partial charge in [0.15, 0.2) is 5.69 Å². The lowest BCUT2D eigenvalue weighted by molar-refractivity contribution is -0.122. The standard InChI is InChI=1S/C18H19N5O2/c1-12(17(24)20-11-9-13-6-4-5-10-19-13)21-18(25)16-14-7-2-3-8-15(14)22-23-16/h2-8,10,12H,9,11H2,1H3,(H,20,24)(H,21,25)(H,22,23). The maximum absolute atomic E-state index is 12.3. The number of aromatic amines is 1. The van der Waals surface area contributed by atoms with Gasteiger partial charge in [-0.1, -0.05) is 24.3 Å². The lowest BCUT2D eigenvalue weighted by atomic mass is 10.2. The molecule has 0 aliphatic carbocycles. The summed E-state index contributed by atoms with van der Waals surface area (Å²) in [6.45, 7) is 2.10. The topological polar surface area (TPSA) is 99.8 Å². The van der Waals surface area contributed by atoms with E-state index >= 15 is 0 Å². The highest BCUT2D eigenvalue weighted by Crippen LogP contribution is 2.14. The highest BCUT2D eigenvalue weighted by Gasteiger charge is 2.19. The van der Waals surface area contributed by atoms with Crippen LogP contribution in [0.25, 0.3) is 10.9 Å². The molecule has 0 spiro atoms. The van der Waals surface area contributed by atoms with Crippen LogP contribution in [-0.2, 0) is 11.2 Å². The number of hydrogen-bond donors (Lipinski definition) is 3. The van der Waals surface area contributed by atoms with Crippen molar-refractivity contribution in [2.45, 2.75) is 19.4 Å². The first-order chi connectivity index (χ1) is 12.1. The highest BCUT2D eigenvalue weighted by atomic mass is 16.2. The summed E-state index contributed by atoms with van der Waals surface area (Å²) in [5.41, 5.74) is 1.96. The number of nitrogens with zero attached hydrogens (tertiary/aromatic N) is 2. The third-order valence-corrected chi connectivity index (χ3v) is 3.83. The first kappa shape index (κ1) is 16.6. The quantitative estimate of drug-likeness (QED) is 0.633. The predicted molar refractivity (Wildman–Crippen MR) is 94.0 cm³/mol. The molecule has 0 fully saturated rings. The van der Waals surface area contributed by atoms with Crippen LogP contribution in [0.5, 0.6) is 0 Å². The fourth-order valence-electron chi connectivity index (χ4n) is 2.48. The summed E-state index contributed by atoms with van der Waals surface area (Å²) < 4.78 is 0. The van der Waals surface area contributed by atoms with Crippen molar-refractivity contribution in [1.29, 1.82) is 0 Å². The minimum atomic E-state index is -0.660. The van der Waals surface area contributed by atoms with Gasteiger partial charge in [0, 0.05) is 30.2 Å². The molecule has 0 bridgehead atoms. The zero-order chi connectivity index (χ0) is 17.6. The lowest BCUT2D eigenvalue weighted by Crippen LogP contribution is -2.45. The van der Waals surface area contributed by atoms with E-state index in [9.17, 15) is 9.59 Å². The normalized spacial score (nSPS) is 11.9. The molecule has 1 aromatic carbocycles. The van der Waals surface area contributed by atoms with Crippen molar-refractivity contribution in [2.75, 3.05) is 6.54 Å². The van der Waals surface area contributed by atoms with Gasteiger partial charge in [0.1, 0.15) is 6.04 Å². The van der Waals surface area contributed by atoms with Crippen LogP contribution in [0.15, 0.2) is 48.7 Å². The lowest BCUT2D eigenvalue weighted by Gasteiger charge is -2.13. The molecule has 2 heterocycles. The van der Waals surface area contributed by atoms with E-state index < -0.39 is 6.04 Å². The number of rotatable bonds is 6. The zero-order valence-corrected chi connectivity index (χ0v) is 13.8. The van der Waals surface area contributed by atoms with Crippen molar-refractivity contribution in [3.63, 3.8) is 0 Å². The van der Waals surface area contributed by atoms with Gasteiger partial charge in [0.2, 0.25) is 5.91 Å². The van der Waals surface area contributed by atoms with Crippen LogP contribution in [0.3, 0.4) is 0 Å². The molecule has 0 saturated heterocycles. The smallest absolute Gasteiger partial charge is 0.273 e. The van der Waals surface area contributed by atoms with Gasteiger partial charge >= 0.3 is 0 Å². The van der Waals surface area contributed by atoms with Crippen molar-refractivity contribution in [3.8, 4) is 0 Å². The number of hydrogen-bond acceptors (Lipinski definition) is 4. The number of para-hydroxylation sites is 1. The molecule has 2 amide bonds. The Labute approximate surface area is 144 Å². The van der Waals surface area contributed by atoms with Gasteiger partial charge in [0.05, 0.1) is 5.52 Å². The molecule has 1 atom stereocenters. The van der Waals surface area contributed by atoms with E-state index in [0.717, 1.165) is 16.6 Å². The molecule has 7 nitrogen and oxygen atoms in total. The van der Waals surface area contributed by atoms with E-state index in [2.05, 4.69) is 25.8 Å². The van der Waals surface area contributed by atoms with Crippen molar-refractivity contribution >= 4 is 22.7 Å². The number of carbonyl (C=O) groups excluding carboxylic acids is 2. The van der Waals surface area contributed by atoms with Crippen molar-refractivity contribution in [2.24, 2.45) is 0 Å². The van der Waals surface area contributed by atoms with E-state index in [-0.39, 0.29) is 17.5 Å². The van der Waals surface area contributed by atoms with Gasteiger partial charge in [0.25, 0.3) is 5.91 Å². The molecule has 0 radical (unpaired) electrons. The minimum absolute atomic E-state index is 0.246. The number of carbonyl (C=O) groups is 2. The molecular formula is C18H19N5O2. The molecule has 25 heavy (non-hydrogen) atoms. The number of benzene rings is 1. The summed E-state index contributed by atoms with van der Waals surface area (Å²) in [5, 5.41) is 13.0. The highest BCUT2D eigenvalue weighted by molar-refractivity contribution is 6.05. The van der Waals surface area contributed by atoms with E-state index in [1.807, 2.05) is 42.5 Å². The number of H-pyrrole nitrogens is 1. The Morgan fingerprint density at radius 3 is 2.76 bits per heavy atom. The van der Waals surface area contributed by atoms with Crippen LogP contribution in [0.2, 0.25) is 0 Å². The van der Waals surface area contributed by atoms with E-state index in [1.54, 1.807) is 13.1 Å². The number of pyridine rings is 1. The second-order valence-electron chi connectivity index (χ2n) is 5.68. The monoisotopic (exact) mass is 337 g/mol. The molecule has 3 N–H and O–H groups in total. The molecule has 0 aliphatic rings. The van der Waals surface area contributed by atoms with Crippen molar-refractivity contribution < 1.29 is 9.59 Å². The molecule has 128 valence electrons. The number of fused-ring (bicyclic) bond motifs is 1. The van der Waals surface area contributed by atoms with Gasteiger partial charge < -0.3 is 10.6 Å². The van der Waals surface area contributed by atoms with Gasteiger partial charge in [-0.15, -0.1) is 0 Å². The maximum Gasteiger partial charge on any atom is 0.273 e. The Bertz CT molecular complexity index is 875. The summed E-state index contributed by atoms with van der Waals surface area (Å²) in [6, 6.07) is 12.3. The number of aromatic nitrogens is 3. The van der Waals surface area contributed by atoms with Crippen molar-refractivity contribution in [1.82, 2.24) is 25.8 Å². The number of nitrogens with one attached hydrogen (secondary N) is 3. The molecular weight excluding hydrogens is 318 g/mol. The van der Waals surface area contributed by atoms with Crippen LogP contribution in [0.1, 0.15) is 23.1 Å². The molecule has 0 aliphatic heterocycles. The second kappa shape index (κ2) is 7.57. The SMILES string of the molecule is CC(NC(=O)c1n[nH]c2ccccc12)C(=O)NCCc1ccccn1. The third kappa shape index (κ3) is 4.00. The average molecular weight is 337 g/mol. The summed E-state index contributed by atoms with van der Waals surface area (Å²) in [4.78, 5) is 28.7.